The maximum absolute atomic E-state index is 13.2. The van der Waals surface area contributed by atoms with Crippen LogP contribution in [0.1, 0.15) is 30.0 Å². The van der Waals surface area contributed by atoms with Crippen LogP contribution in [0.5, 0.6) is 0 Å². The first-order chi connectivity index (χ1) is 14.9. The Hall–Kier alpha value is -3.67. The highest BCUT2D eigenvalue weighted by molar-refractivity contribution is 6.10. The normalized spacial score (nSPS) is 20.1. The van der Waals surface area contributed by atoms with Crippen molar-refractivity contribution in [1.29, 1.82) is 0 Å². The van der Waals surface area contributed by atoms with Crippen LogP contribution in [-0.4, -0.2) is 29.3 Å². The number of hydrogen-bond donors (Lipinski definition) is 2. The van der Waals surface area contributed by atoms with Gasteiger partial charge in [0.05, 0.1) is 0 Å². The molecule has 0 radical (unpaired) electrons. The first-order valence-corrected chi connectivity index (χ1v) is 10.5. The van der Waals surface area contributed by atoms with E-state index in [1.165, 1.54) is 11.1 Å². The molecule has 2 N–H and O–H groups in total. The molecule has 1 aliphatic heterocycles. The molecule has 2 aliphatic rings. The quantitative estimate of drug-likeness (QED) is 0.640. The Morgan fingerprint density at radius 3 is 2.61 bits per heavy atom. The Morgan fingerprint density at radius 1 is 1.00 bits per heavy atom. The molecule has 6 heteroatoms. The number of rotatable bonds is 4. The van der Waals surface area contributed by atoms with Gasteiger partial charge < -0.3 is 10.6 Å². The summed E-state index contributed by atoms with van der Waals surface area (Å²) in [6.07, 6.45) is 3.14. The second-order valence-electron chi connectivity index (χ2n) is 8.39. The van der Waals surface area contributed by atoms with Crippen molar-refractivity contribution in [2.75, 3.05) is 11.9 Å². The predicted molar refractivity (Wildman–Crippen MR) is 119 cm³/mol. The number of imide groups is 1. The Morgan fingerprint density at radius 2 is 1.77 bits per heavy atom. The van der Waals surface area contributed by atoms with Gasteiger partial charge in [-0.1, -0.05) is 48.5 Å². The number of aryl methyl sites for hydroxylation is 2. The number of nitrogens with one attached hydrogen (secondary N) is 2. The van der Waals surface area contributed by atoms with E-state index in [9.17, 15) is 14.4 Å². The maximum atomic E-state index is 13.2. The van der Waals surface area contributed by atoms with Gasteiger partial charge in [0.1, 0.15) is 12.1 Å². The molecule has 1 heterocycles. The molecule has 0 spiro atoms. The van der Waals surface area contributed by atoms with Crippen LogP contribution in [0, 0.1) is 0 Å². The van der Waals surface area contributed by atoms with Crippen molar-refractivity contribution in [2.45, 2.75) is 31.7 Å². The van der Waals surface area contributed by atoms with Gasteiger partial charge in [-0.05, 0) is 65.8 Å². The van der Waals surface area contributed by atoms with E-state index in [0.29, 0.717) is 5.69 Å². The second kappa shape index (κ2) is 7.23. The van der Waals surface area contributed by atoms with Gasteiger partial charge in [0.2, 0.25) is 5.91 Å². The van der Waals surface area contributed by atoms with E-state index >= 15 is 0 Å². The lowest BCUT2D eigenvalue weighted by Gasteiger charge is -2.23. The summed E-state index contributed by atoms with van der Waals surface area (Å²) in [5, 5.41) is 7.65. The van der Waals surface area contributed by atoms with Gasteiger partial charge in [-0.25, -0.2) is 4.79 Å². The van der Waals surface area contributed by atoms with E-state index in [1.807, 2.05) is 54.6 Å². The number of anilines is 1. The zero-order valence-electron chi connectivity index (χ0n) is 17.3. The molecular formula is C25H23N3O3. The summed E-state index contributed by atoms with van der Waals surface area (Å²) in [6.45, 7) is 1.36. The third kappa shape index (κ3) is 3.34. The SMILES string of the molecule is CC1(c2ccc3c(c2)CCC3)NC(=O)N(CC(=O)Nc2ccc3ccccc3c2)C1=O. The average Bonchev–Trinajstić information content (AvgIpc) is 3.32. The highest BCUT2D eigenvalue weighted by Crippen LogP contribution is 2.32. The molecule has 1 unspecified atom stereocenters. The zero-order valence-corrected chi connectivity index (χ0v) is 17.3. The first kappa shape index (κ1) is 19.3. The van der Waals surface area contributed by atoms with Gasteiger partial charge in [0.25, 0.3) is 5.91 Å². The Labute approximate surface area is 180 Å². The molecule has 31 heavy (non-hydrogen) atoms. The molecule has 0 bridgehead atoms. The van der Waals surface area contributed by atoms with Gasteiger partial charge in [0, 0.05) is 5.69 Å². The van der Waals surface area contributed by atoms with Crippen LogP contribution in [0.4, 0.5) is 10.5 Å². The van der Waals surface area contributed by atoms with E-state index < -0.39 is 23.4 Å². The zero-order chi connectivity index (χ0) is 21.6. The highest BCUT2D eigenvalue weighted by Gasteiger charge is 2.49. The number of nitrogens with zero attached hydrogens (tertiary/aromatic N) is 1. The minimum absolute atomic E-state index is 0.335. The van der Waals surface area contributed by atoms with Crippen molar-refractivity contribution in [1.82, 2.24) is 10.2 Å². The van der Waals surface area contributed by atoms with Crippen molar-refractivity contribution in [2.24, 2.45) is 0 Å². The third-order valence-electron chi connectivity index (χ3n) is 6.29. The van der Waals surface area contributed by atoms with Gasteiger partial charge in [-0.3, -0.25) is 14.5 Å². The molecule has 1 atom stereocenters. The lowest BCUT2D eigenvalue weighted by Crippen LogP contribution is -2.42. The fourth-order valence-corrected chi connectivity index (χ4v) is 4.53. The number of carbonyl (C=O) groups is 3. The summed E-state index contributed by atoms with van der Waals surface area (Å²) in [4.78, 5) is 39.3. The standard InChI is InChI=1S/C25H23N3O3/c1-25(20-11-9-17-7-4-8-18(17)13-20)23(30)28(24(31)27-25)15-22(29)26-21-12-10-16-5-2-3-6-19(16)14-21/h2-3,5-6,9-14H,4,7-8,15H2,1H3,(H,26,29)(H,27,31). The minimum atomic E-state index is -1.17. The number of hydrogen-bond acceptors (Lipinski definition) is 3. The summed E-state index contributed by atoms with van der Waals surface area (Å²) in [7, 11) is 0. The van der Waals surface area contributed by atoms with Crippen molar-refractivity contribution in [3.05, 3.63) is 77.4 Å². The van der Waals surface area contributed by atoms with Crippen LogP contribution in [0.15, 0.2) is 60.7 Å². The summed E-state index contributed by atoms with van der Waals surface area (Å²) in [5.41, 5.74) is 2.74. The van der Waals surface area contributed by atoms with E-state index in [4.69, 9.17) is 0 Å². The summed E-state index contributed by atoms with van der Waals surface area (Å²) in [6, 6.07) is 18.8. The van der Waals surface area contributed by atoms with Crippen LogP contribution < -0.4 is 10.6 Å². The first-order valence-electron chi connectivity index (χ1n) is 10.5. The lowest BCUT2D eigenvalue weighted by molar-refractivity contribution is -0.133. The molecule has 4 amide bonds. The van der Waals surface area contributed by atoms with E-state index in [-0.39, 0.29) is 6.54 Å². The Balaban J connectivity index is 1.32. The fraction of sp³-hybridized carbons (Fsp3) is 0.240. The van der Waals surface area contributed by atoms with Crippen molar-refractivity contribution < 1.29 is 14.4 Å². The number of benzene rings is 3. The largest absolute Gasteiger partial charge is 0.325 e. The van der Waals surface area contributed by atoms with Crippen molar-refractivity contribution in [3.8, 4) is 0 Å². The topological polar surface area (TPSA) is 78.5 Å². The molecule has 0 aromatic heterocycles. The van der Waals surface area contributed by atoms with Gasteiger partial charge >= 0.3 is 6.03 Å². The smallest absolute Gasteiger partial charge is 0.325 e. The molecule has 156 valence electrons. The van der Waals surface area contributed by atoms with Gasteiger partial charge in [0.15, 0.2) is 0 Å². The molecule has 1 aliphatic carbocycles. The molecule has 6 nitrogen and oxygen atoms in total. The van der Waals surface area contributed by atoms with Crippen LogP contribution in [-0.2, 0) is 28.0 Å². The lowest BCUT2D eigenvalue weighted by atomic mass is 9.89. The van der Waals surface area contributed by atoms with Gasteiger partial charge in [-0.15, -0.1) is 0 Å². The molecule has 3 aromatic carbocycles. The molecule has 1 saturated heterocycles. The number of fused-ring (bicyclic) bond motifs is 2. The van der Waals surface area contributed by atoms with E-state index in [2.05, 4.69) is 10.6 Å². The van der Waals surface area contributed by atoms with Crippen LogP contribution in [0.25, 0.3) is 10.8 Å². The summed E-state index contributed by atoms with van der Waals surface area (Å²) < 4.78 is 0. The second-order valence-corrected chi connectivity index (χ2v) is 8.39. The number of urea groups is 1. The minimum Gasteiger partial charge on any atom is -0.325 e. The summed E-state index contributed by atoms with van der Waals surface area (Å²) >= 11 is 0. The summed E-state index contributed by atoms with van der Waals surface area (Å²) in [5.74, 6) is -0.832. The number of amides is 4. The average molecular weight is 413 g/mol. The van der Waals surface area contributed by atoms with Gasteiger partial charge in [-0.2, -0.15) is 0 Å². The maximum Gasteiger partial charge on any atom is 0.325 e. The molecular weight excluding hydrogens is 390 g/mol. The molecule has 0 saturated carbocycles. The van der Waals surface area contributed by atoms with E-state index in [1.54, 1.807) is 13.0 Å². The molecule has 3 aromatic rings. The Kier molecular flexibility index (Phi) is 4.50. The van der Waals surface area contributed by atoms with Crippen molar-refractivity contribution in [3.63, 3.8) is 0 Å². The monoisotopic (exact) mass is 413 g/mol. The Bertz CT molecular complexity index is 1240. The fourth-order valence-electron chi connectivity index (χ4n) is 4.53. The molecule has 5 rings (SSSR count). The molecule has 1 fully saturated rings. The van der Waals surface area contributed by atoms with Crippen molar-refractivity contribution >= 4 is 34.3 Å². The van der Waals surface area contributed by atoms with Crippen LogP contribution in [0.2, 0.25) is 0 Å². The third-order valence-corrected chi connectivity index (χ3v) is 6.29. The van der Waals surface area contributed by atoms with Crippen LogP contribution >= 0.6 is 0 Å². The van der Waals surface area contributed by atoms with Crippen LogP contribution in [0.3, 0.4) is 0 Å². The van der Waals surface area contributed by atoms with E-state index in [0.717, 1.165) is 40.5 Å². The predicted octanol–water partition coefficient (Wildman–Crippen LogP) is 3.73. The number of carbonyl (C=O) groups excluding carboxylic acids is 3. The highest BCUT2D eigenvalue weighted by atomic mass is 16.2.